The fourth-order valence-electron chi connectivity index (χ4n) is 4.01. The topological polar surface area (TPSA) is 0 Å². The van der Waals surface area contributed by atoms with Crippen molar-refractivity contribution in [2.45, 2.75) is 65.7 Å². The maximum atomic E-state index is 4.36. The Morgan fingerprint density at radius 2 is 1.96 bits per heavy atom. The van der Waals surface area contributed by atoms with Crippen LogP contribution in [0.5, 0.6) is 0 Å². The highest BCUT2D eigenvalue weighted by atomic mass is 127. The zero-order chi connectivity index (χ0) is 20.3. The van der Waals surface area contributed by atoms with Gasteiger partial charge in [-0.2, -0.15) is 0 Å². The molecule has 0 heterocycles. The molecule has 0 spiro atoms. The highest BCUT2D eigenvalue weighted by molar-refractivity contribution is 14.1. The number of halogens is 1. The maximum Gasteiger partial charge on any atom is 0.0162 e. The Morgan fingerprint density at radius 3 is 2.75 bits per heavy atom. The van der Waals surface area contributed by atoms with Gasteiger partial charge in [-0.1, -0.05) is 61.5 Å². The maximum absolute atomic E-state index is 4.36. The van der Waals surface area contributed by atoms with E-state index in [0.29, 0.717) is 5.92 Å². The average Bonchev–Trinajstić information content (AvgIpc) is 2.85. The molecular weight excluding hydrogens is 471 g/mol. The fraction of sp³-hybridized carbons (Fsp3) is 0.385. The summed E-state index contributed by atoms with van der Waals surface area (Å²) in [6.45, 7) is 13.4. The number of benzene rings is 2. The van der Waals surface area contributed by atoms with Crippen molar-refractivity contribution in [1.29, 1.82) is 0 Å². The van der Waals surface area contributed by atoms with Crippen LogP contribution < -0.4 is 0 Å². The molecule has 2 heteroatoms. The summed E-state index contributed by atoms with van der Waals surface area (Å²) in [4.78, 5) is 1.15. The number of fused-ring (bicyclic) bond motifs is 1. The van der Waals surface area contributed by atoms with E-state index in [1.807, 2.05) is 0 Å². The van der Waals surface area contributed by atoms with E-state index in [0.717, 1.165) is 11.3 Å². The number of allylic oxidation sites excluding steroid dienone is 1. The van der Waals surface area contributed by atoms with Crippen LogP contribution in [0.15, 0.2) is 47.9 Å². The van der Waals surface area contributed by atoms with Crippen LogP contribution in [0.3, 0.4) is 0 Å². The quantitative estimate of drug-likeness (QED) is 0.291. The lowest BCUT2D eigenvalue weighted by Crippen LogP contribution is -1.96. The van der Waals surface area contributed by atoms with Crippen LogP contribution in [0.4, 0.5) is 0 Å². The molecule has 0 fully saturated rings. The Bertz CT molecular complexity index is 907. The van der Waals surface area contributed by atoms with Crippen LogP contribution in [0.1, 0.15) is 72.4 Å². The largest absolute Gasteiger partial charge is 0.0981 e. The Morgan fingerprint density at radius 1 is 1.18 bits per heavy atom. The lowest BCUT2D eigenvalue weighted by atomic mass is 9.93. The summed E-state index contributed by atoms with van der Waals surface area (Å²) < 4.78 is 1.35. The van der Waals surface area contributed by atoms with Gasteiger partial charge in [0.05, 0.1) is 0 Å². The first-order valence-electron chi connectivity index (χ1n) is 10.2. The molecule has 1 atom stereocenters. The second-order valence-corrected chi connectivity index (χ2v) is 10.4. The zero-order valence-electron chi connectivity index (χ0n) is 17.6. The minimum atomic E-state index is 0.690. The Labute approximate surface area is 189 Å². The van der Waals surface area contributed by atoms with Crippen LogP contribution in [0.2, 0.25) is 0 Å². The smallest absolute Gasteiger partial charge is 0.0162 e. The standard InChI is InChI=1S/C26H31IS/c1-17(12-24-13-20(4)26(27)14-19(24)3)16-28-21(5)22-10-11-25-18(2)8-6-7-9-23(25)15-22/h10-11,13-16,18H,5-9,12H2,1-4H3/b17-16+. The molecule has 2 aromatic rings. The Balaban J connectivity index is 1.69. The second-order valence-electron chi connectivity index (χ2n) is 8.27. The third-order valence-corrected chi connectivity index (χ3v) is 8.02. The second kappa shape index (κ2) is 9.67. The van der Waals surface area contributed by atoms with Crippen molar-refractivity contribution in [3.8, 4) is 0 Å². The van der Waals surface area contributed by atoms with E-state index in [-0.39, 0.29) is 0 Å². The van der Waals surface area contributed by atoms with Crippen LogP contribution in [0, 0.1) is 17.4 Å². The molecule has 0 aliphatic heterocycles. The number of rotatable bonds is 5. The zero-order valence-corrected chi connectivity index (χ0v) is 20.5. The van der Waals surface area contributed by atoms with E-state index < -0.39 is 0 Å². The van der Waals surface area contributed by atoms with Gasteiger partial charge in [0.2, 0.25) is 0 Å². The molecule has 0 bridgehead atoms. The molecule has 1 aliphatic carbocycles. The molecule has 0 amide bonds. The highest BCUT2D eigenvalue weighted by Crippen LogP contribution is 2.35. The lowest BCUT2D eigenvalue weighted by Gasteiger charge is -2.14. The van der Waals surface area contributed by atoms with Gasteiger partial charge >= 0.3 is 0 Å². The van der Waals surface area contributed by atoms with E-state index in [4.69, 9.17) is 0 Å². The molecule has 0 radical (unpaired) electrons. The molecule has 0 N–H and O–H groups in total. The number of hydrogen-bond donors (Lipinski definition) is 0. The van der Waals surface area contributed by atoms with Crippen molar-refractivity contribution < 1.29 is 0 Å². The molecule has 148 valence electrons. The minimum absolute atomic E-state index is 0.690. The van der Waals surface area contributed by atoms with Gasteiger partial charge in [0, 0.05) is 8.48 Å². The van der Waals surface area contributed by atoms with Crippen molar-refractivity contribution in [2.24, 2.45) is 0 Å². The number of hydrogen-bond acceptors (Lipinski definition) is 1. The van der Waals surface area contributed by atoms with Gasteiger partial charge in [-0.3, -0.25) is 0 Å². The van der Waals surface area contributed by atoms with Crippen molar-refractivity contribution in [3.63, 3.8) is 0 Å². The van der Waals surface area contributed by atoms with Crippen molar-refractivity contribution in [3.05, 3.63) is 84.8 Å². The van der Waals surface area contributed by atoms with Crippen LogP contribution >= 0.6 is 34.4 Å². The van der Waals surface area contributed by atoms with Crippen LogP contribution in [0.25, 0.3) is 4.91 Å². The van der Waals surface area contributed by atoms with Gasteiger partial charge in [0.15, 0.2) is 0 Å². The Hall–Kier alpha value is -1.00. The van der Waals surface area contributed by atoms with E-state index >= 15 is 0 Å². The van der Waals surface area contributed by atoms with Crippen LogP contribution in [-0.4, -0.2) is 0 Å². The molecule has 0 saturated carbocycles. The number of aryl methyl sites for hydroxylation is 3. The summed E-state index contributed by atoms with van der Waals surface area (Å²) in [5.74, 6) is 0.690. The first kappa shape index (κ1) is 21.7. The molecule has 28 heavy (non-hydrogen) atoms. The van der Waals surface area contributed by atoms with Crippen molar-refractivity contribution in [1.82, 2.24) is 0 Å². The summed E-state index contributed by atoms with van der Waals surface area (Å²) in [6.07, 6.45) is 6.20. The third kappa shape index (κ3) is 5.33. The van der Waals surface area contributed by atoms with Crippen LogP contribution in [-0.2, 0) is 12.8 Å². The summed E-state index contributed by atoms with van der Waals surface area (Å²) in [5.41, 5.74) is 9.93. The predicted octanol–water partition coefficient (Wildman–Crippen LogP) is 8.59. The molecule has 0 nitrogen and oxygen atoms in total. The van der Waals surface area contributed by atoms with Crippen molar-refractivity contribution in [2.75, 3.05) is 0 Å². The molecule has 3 rings (SSSR count). The van der Waals surface area contributed by atoms with Gasteiger partial charge in [0.1, 0.15) is 0 Å². The van der Waals surface area contributed by atoms with Gasteiger partial charge in [-0.25, -0.2) is 0 Å². The van der Waals surface area contributed by atoms with E-state index in [1.54, 1.807) is 17.3 Å². The molecule has 1 unspecified atom stereocenters. The van der Waals surface area contributed by atoms with E-state index in [2.05, 4.69) is 92.6 Å². The normalized spacial score (nSPS) is 17.2. The van der Waals surface area contributed by atoms with Gasteiger partial charge in [-0.05, 0) is 120 Å². The first-order chi connectivity index (χ1) is 13.3. The number of thioether (sulfide) groups is 1. The summed E-state index contributed by atoms with van der Waals surface area (Å²) in [5, 5.41) is 2.28. The summed E-state index contributed by atoms with van der Waals surface area (Å²) in [7, 11) is 0. The monoisotopic (exact) mass is 502 g/mol. The predicted molar refractivity (Wildman–Crippen MR) is 135 cm³/mol. The summed E-state index contributed by atoms with van der Waals surface area (Å²) in [6, 6.07) is 11.6. The lowest BCUT2D eigenvalue weighted by molar-refractivity contribution is 0.635. The molecule has 2 aromatic carbocycles. The average molecular weight is 503 g/mol. The summed E-state index contributed by atoms with van der Waals surface area (Å²) >= 11 is 4.19. The van der Waals surface area contributed by atoms with Gasteiger partial charge < -0.3 is 0 Å². The fourth-order valence-corrected chi connectivity index (χ4v) is 5.32. The molecular formula is C26H31IS. The molecule has 1 aliphatic rings. The van der Waals surface area contributed by atoms with Gasteiger partial charge in [0.25, 0.3) is 0 Å². The Kier molecular flexibility index (Phi) is 7.49. The molecule has 0 saturated heterocycles. The third-order valence-electron chi connectivity index (χ3n) is 5.82. The highest BCUT2D eigenvalue weighted by Gasteiger charge is 2.15. The van der Waals surface area contributed by atoms with Crippen molar-refractivity contribution >= 4 is 39.3 Å². The van der Waals surface area contributed by atoms with E-state index in [1.165, 1.54) is 62.6 Å². The first-order valence-corrected chi connectivity index (χ1v) is 12.2. The minimum Gasteiger partial charge on any atom is -0.0981 e. The van der Waals surface area contributed by atoms with E-state index in [9.17, 15) is 0 Å². The molecule has 0 aromatic heterocycles. The van der Waals surface area contributed by atoms with Gasteiger partial charge in [-0.15, -0.1) is 0 Å². The SMILES string of the molecule is C=C(S/C=C(\C)Cc1cc(C)c(I)cc1C)c1ccc2c(c1)CCCCC2C.